The van der Waals surface area contributed by atoms with Gasteiger partial charge in [0, 0.05) is 0 Å². The number of halogens is 1. The Bertz CT molecular complexity index is 449. The molecule has 1 aromatic heterocycles. The molecule has 0 aliphatic heterocycles. The molecular weight excluding hydrogens is 256 g/mol. The molecule has 0 spiro atoms. The van der Waals surface area contributed by atoms with Gasteiger partial charge in [0.1, 0.15) is 16.9 Å². The van der Waals surface area contributed by atoms with Gasteiger partial charge in [-0.1, -0.05) is 31.5 Å². The molecule has 0 aliphatic rings. The van der Waals surface area contributed by atoms with Crippen LogP contribution in [-0.4, -0.2) is 28.0 Å². The minimum absolute atomic E-state index is 0.109. The van der Waals surface area contributed by atoms with Crippen LogP contribution >= 0.6 is 11.6 Å². The Morgan fingerprint density at radius 1 is 1.44 bits per heavy atom. The number of rotatable bonds is 5. The summed E-state index contributed by atoms with van der Waals surface area (Å²) < 4.78 is 0. The summed E-state index contributed by atoms with van der Waals surface area (Å²) in [6, 6.07) is 3.69. The molecule has 2 N–H and O–H groups in total. The minimum Gasteiger partial charge on any atom is -0.480 e. The fourth-order valence-corrected chi connectivity index (χ4v) is 1.62. The zero-order valence-corrected chi connectivity index (χ0v) is 10.9. The number of carbonyl (C=O) groups is 2. The molecule has 1 heterocycles. The first kappa shape index (κ1) is 14.4. The van der Waals surface area contributed by atoms with Crippen molar-refractivity contribution < 1.29 is 14.7 Å². The summed E-state index contributed by atoms with van der Waals surface area (Å²) in [4.78, 5) is 26.6. The van der Waals surface area contributed by atoms with Crippen LogP contribution in [0.25, 0.3) is 0 Å². The number of hydrogen-bond donors (Lipinski definition) is 2. The normalized spacial score (nSPS) is 12.2. The van der Waals surface area contributed by atoms with Crippen LogP contribution in [0.5, 0.6) is 0 Å². The molecule has 0 aromatic carbocycles. The first-order chi connectivity index (χ1) is 8.40. The van der Waals surface area contributed by atoms with Crippen molar-refractivity contribution >= 4 is 23.5 Å². The van der Waals surface area contributed by atoms with Crippen molar-refractivity contribution in [1.29, 1.82) is 0 Å². The van der Waals surface area contributed by atoms with E-state index in [1.54, 1.807) is 12.1 Å². The van der Waals surface area contributed by atoms with E-state index in [-0.39, 0.29) is 16.8 Å². The van der Waals surface area contributed by atoms with Gasteiger partial charge in [-0.25, -0.2) is 9.78 Å². The van der Waals surface area contributed by atoms with E-state index in [0.29, 0.717) is 6.42 Å². The number of carboxylic acids is 1. The number of aromatic nitrogens is 1. The monoisotopic (exact) mass is 270 g/mol. The number of nitrogens with one attached hydrogen (secondary N) is 1. The SMILES string of the molecule is CC(C)CC(NC(=O)c1cccc(Cl)n1)C(=O)O. The largest absolute Gasteiger partial charge is 0.480 e. The van der Waals surface area contributed by atoms with E-state index in [0.717, 1.165) is 0 Å². The van der Waals surface area contributed by atoms with Crippen LogP contribution in [0.3, 0.4) is 0 Å². The van der Waals surface area contributed by atoms with Crippen LogP contribution in [0.2, 0.25) is 5.15 Å². The van der Waals surface area contributed by atoms with Crippen molar-refractivity contribution in [3.63, 3.8) is 0 Å². The molecule has 18 heavy (non-hydrogen) atoms. The van der Waals surface area contributed by atoms with Gasteiger partial charge in [-0.05, 0) is 24.5 Å². The van der Waals surface area contributed by atoms with Crippen molar-refractivity contribution in [2.24, 2.45) is 5.92 Å². The van der Waals surface area contributed by atoms with Crippen LogP contribution < -0.4 is 5.32 Å². The maximum atomic E-state index is 11.8. The first-order valence-electron chi connectivity index (χ1n) is 5.56. The Balaban J connectivity index is 2.75. The molecule has 0 radical (unpaired) electrons. The average Bonchev–Trinajstić information content (AvgIpc) is 2.27. The predicted molar refractivity (Wildman–Crippen MR) is 67.6 cm³/mol. The molecule has 0 fully saturated rings. The third-order valence-electron chi connectivity index (χ3n) is 2.26. The maximum Gasteiger partial charge on any atom is 0.326 e. The molecule has 1 unspecified atom stereocenters. The average molecular weight is 271 g/mol. The summed E-state index contributed by atoms with van der Waals surface area (Å²) in [6.07, 6.45) is 0.363. The molecular formula is C12H15ClN2O3. The molecule has 5 nitrogen and oxygen atoms in total. The number of pyridine rings is 1. The molecule has 1 atom stereocenters. The lowest BCUT2D eigenvalue weighted by Crippen LogP contribution is -2.41. The molecule has 0 bridgehead atoms. The smallest absolute Gasteiger partial charge is 0.326 e. The maximum absolute atomic E-state index is 11.8. The van der Waals surface area contributed by atoms with E-state index < -0.39 is 17.9 Å². The summed E-state index contributed by atoms with van der Waals surface area (Å²) in [5.74, 6) is -1.43. The number of carboxylic acid groups (broad SMARTS) is 1. The standard InChI is InChI=1S/C12H15ClN2O3/c1-7(2)6-9(12(17)18)15-11(16)8-4-3-5-10(13)14-8/h3-5,7,9H,6H2,1-2H3,(H,15,16)(H,17,18). The van der Waals surface area contributed by atoms with Gasteiger partial charge in [0.05, 0.1) is 0 Å². The third kappa shape index (κ3) is 4.33. The second kappa shape index (κ2) is 6.35. The van der Waals surface area contributed by atoms with Crippen molar-refractivity contribution in [3.05, 3.63) is 29.0 Å². The van der Waals surface area contributed by atoms with Crippen molar-refractivity contribution in [2.45, 2.75) is 26.3 Å². The second-order valence-corrected chi connectivity index (χ2v) is 4.73. The molecule has 98 valence electrons. The zero-order valence-electron chi connectivity index (χ0n) is 10.2. The molecule has 1 rings (SSSR count). The molecule has 0 aliphatic carbocycles. The van der Waals surface area contributed by atoms with E-state index in [9.17, 15) is 9.59 Å². The fourth-order valence-electron chi connectivity index (χ4n) is 1.46. The van der Waals surface area contributed by atoms with E-state index in [1.165, 1.54) is 6.07 Å². The second-order valence-electron chi connectivity index (χ2n) is 4.34. The van der Waals surface area contributed by atoms with Gasteiger partial charge in [-0.3, -0.25) is 4.79 Å². The Morgan fingerprint density at radius 2 is 2.11 bits per heavy atom. The fraction of sp³-hybridized carbons (Fsp3) is 0.417. The van der Waals surface area contributed by atoms with Crippen molar-refractivity contribution in [3.8, 4) is 0 Å². The lowest BCUT2D eigenvalue weighted by atomic mass is 10.0. The number of amides is 1. The van der Waals surface area contributed by atoms with Gasteiger partial charge >= 0.3 is 5.97 Å². The van der Waals surface area contributed by atoms with Crippen LogP contribution in [0.1, 0.15) is 30.8 Å². The van der Waals surface area contributed by atoms with Gasteiger partial charge in [0.25, 0.3) is 5.91 Å². The zero-order chi connectivity index (χ0) is 13.7. The van der Waals surface area contributed by atoms with Gasteiger partial charge in [0.15, 0.2) is 0 Å². The molecule has 1 aromatic rings. The molecule has 6 heteroatoms. The molecule has 0 saturated carbocycles. The summed E-state index contributed by atoms with van der Waals surface area (Å²) in [5, 5.41) is 11.6. The third-order valence-corrected chi connectivity index (χ3v) is 2.47. The van der Waals surface area contributed by atoms with Crippen LogP contribution in [0.4, 0.5) is 0 Å². The van der Waals surface area contributed by atoms with Gasteiger partial charge in [0.2, 0.25) is 0 Å². The van der Waals surface area contributed by atoms with E-state index in [2.05, 4.69) is 10.3 Å². The van der Waals surface area contributed by atoms with E-state index in [4.69, 9.17) is 16.7 Å². The van der Waals surface area contributed by atoms with Gasteiger partial charge in [-0.15, -0.1) is 0 Å². The Hall–Kier alpha value is -1.62. The Labute approximate surface area is 110 Å². The number of aliphatic carboxylic acids is 1. The molecule has 0 saturated heterocycles. The quantitative estimate of drug-likeness (QED) is 0.802. The topological polar surface area (TPSA) is 79.3 Å². The molecule has 1 amide bonds. The highest BCUT2D eigenvalue weighted by atomic mass is 35.5. The first-order valence-corrected chi connectivity index (χ1v) is 5.94. The summed E-state index contributed by atoms with van der Waals surface area (Å²) in [7, 11) is 0. The van der Waals surface area contributed by atoms with E-state index in [1.807, 2.05) is 13.8 Å². The van der Waals surface area contributed by atoms with Crippen LogP contribution in [0, 0.1) is 5.92 Å². The summed E-state index contributed by atoms with van der Waals surface area (Å²) in [6.45, 7) is 3.78. The Kier molecular flexibility index (Phi) is 5.09. The van der Waals surface area contributed by atoms with Gasteiger partial charge < -0.3 is 10.4 Å². The highest BCUT2D eigenvalue weighted by molar-refractivity contribution is 6.29. The van der Waals surface area contributed by atoms with Crippen molar-refractivity contribution in [2.75, 3.05) is 0 Å². The Morgan fingerprint density at radius 3 is 2.61 bits per heavy atom. The lowest BCUT2D eigenvalue weighted by molar-refractivity contribution is -0.139. The highest BCUT2D eigenvalue weighted by Crippen LogP contribution is 2.08. The lowest BCUT2D eigenvalue weighted by Gasteiger charge is -2.16. The van der Waals surface area contributed by atoms with E-state index >= 15 is 0 Å². The van der Waals surface area contributed by atoms with Crippen molar-refractivity contribution in [1.82, 2.24) is 10.3 Å². The van der Waals surface area contributed by atoms with Gasteiger partial charge in [-0.2, -0.15) is 0 Å². The van der Waals surface area contributed by atoms with Crippen LogP contribution in [0.15, 0.2) is 18.2 Å². The number of carbonyl (C=O) groups excluding carboxylic acids is 1. The summed E-state index contributed by atoms with van der Waals surface area (Å²) in [5.41, 5.74) is 0.109. The summed E-state index contributed by atoms with van der Waals surface area (Å²) >= 11 is 5.66. The highest BCUT2D eigenvalue weighted by Gasteiger charge is 2.22. The minimum atomic E-state index is -1.06. The number of nitrogens with zero attached hydrogens (tertiary/aromatic N) is 1. The number of hydrogen-bond acceptors (Lipinski definition) is 3. The van der Waals surface area contributed by atoms with Crippen LogP contribution in [-0.2, 0) is 4.79 Å². The predicted octanol–water partition coefficient (Wildman–Crippen LogP) is 1.96.